The first-order valence-electron chi connectivity index (χ1n) is 5.68. The summed E-state index contributed by atoms with van der Waals surface area (Å²) in [4.78, 5) is 1.72. The lowest BCUT2D eigenvalue weighted by atomic mass is 10.1. The zero-order chi connectivity index (χ0) is 12.4. The second kappa shape index (κ2) is 4.69. The average molecular weight is 239 g/mol. The minimum atomic E-state index is -0.642. The van der Waals surface area contributed by atoms with Crippen molar-refractivity contribution >= 4 is 11.5 Å². The van der Waals surface area contributed by atoms with Crippen LogP contribution in [-0.4, -0.2) is 18.9 Å². The maximum atomic E-state index is 13.8. The van der Waals surface area contributed by atoms with Gasteiger partial charge in [-0.15, -0.1) is 0 Å². The van der Waals surface area contributed by atoms with E-state index >= 15 is 0 Å². The normalized spacial score (nSPS) is 16.0. The molecule has 1 aromatic carbocycles. The first-order valence-corrected chi connectivity index (χ1v) is 5.68. The molecule has 2 rings (SSSR count). The Morgan fingerprint density at radius 1 is 1.12 bits per heavy atom. The van der Waals surface area contributed by atoms with Crippen molar-refractivity contribution in [3.8, 4) is 0 Å². The van der Waals surface area contributed by atoms with Crippen LogP contribution >= 0.6 is 0 Å². The molecule has 1 aliphatic heterocycles. The largest absolute Gasteiger partial charge is 0.384 e. The van der Waals surface area contributed by atoms with E-state index in [1.165, 1.54) is 0 Å². The summed E-state index contributed by atoms with van der Waals surface area (Å²) in [6.45, 7) is 1.35. The molecule has 3 nitrogen and oxygen atoms in total. The molecule has 0 bridgehead atoms. The van der Waals surface area contributed by atoms with E-state index in [4.69, 9.17) is 11.1 Å². The van der Waals surface area contributed by atoms with E-state index in [9.17, 15) is 8.78 Å². The van der Waals surface area contributed by atoms with E-state index in [1.807, 2.05) is 0 Å². The van der Waals surface area contributed by atoms with E-state index in [0.717, 1.165) is 31.4 Å². The number of benzene rings is 1. The van der Waals surface area contributed by atoms with Crippen molar-refractivity contribution in [1.29, 1.82) is 5.41 Å². The predicted octanol–water partition coefficient (Wildman–Crippen LogP) is 2.24. The van der Waals surface area contributed by atoms with Crippen molar-refractivity contribution in [2.24, 2.45) is 5.73 Å². The molecule has 92 valence electrons. The maximum Gasteiger partial charge on any atom is 0.150 e. The van der Waals surface area contributed by atoms with Crippen LogP contribution in [0.25, 0.3) is 0 Å². The lowest BCUT2D eigenvalue weighted by Gasteiger charge is -2.29. The lowest BCUT2D eigenvalue weighted by Crippen LogP contribution is -2.31. The summed E-state index contributed by atoms with van der Waals surface area (Å²) in [6, 6.07) is 2.24. The minimum Gasteiger partial charge on any atom is -0.384 e. The lowest BCUT2D eigenvalue weighted by molar-refractivity contribution is 0.530. The van der Waals surface area contributed by atoms with Crippen molar-refractivity contribution in [1.82, 2.24) is 0 Å². The van der Waals surface area contributed by atoms with Gasteiger partial charge in [0.15, 0.2) is 0 Å². The van der Waals surface area contributed by atoms with Gasteiger partial charge in [0.05, 0.1) is 0 Å². The Hall–Kier alpha value is -1.65. The van der Waals surface area contributed by atoms with Gasteiger partial charge in [0.25, 0.3) is 0 Å². The van der Waals surface area contributed by atoms with Crippen LogP contribution in [0.15, 0.2) is 12.1 Å². The van der Waals surface area contributed by atoms with Gasteiger partial charge in [-0.25, -0.2) is 8.78 Å². The van der Waals surface area contributed by atoms with E-state index < -0.39 is 11.6 Å². The number of hydrogen-bond acceptors (Lipinski definition) is 2. The first-order chi connectivity index (χ1) is 8.09. The molecular weight excluding hydrogens is 224 g/mol. The fourth-order valence-electron chi connectivity index (χ4n) is 2.14. The smallest absolute Gasteiger partial charge is 0.150 e. The summed E-state index contributed by atoms with van der Waals surface area (Å²) in [7, 11) is 0. The third-order valence-electron chi connectivity index (χ3n) is 3.00. The van der Waals surface area contributed by atoms with Gasteiger partial charge in [0.1, 0.15) is 23.2 Å². The van der Waals surface area contributed by atoms with Gasteiger partial charge in [-0.05, 0) is 31.4 Å². The van der Waals surface area contributed by atoms with E-state index in [-0.39, 0.29) is 17.1 Å². The van der Waals surface area contributed by atoms with E-state index in [2.05, 4.69) is 0 Å². The number of halogens is 2. The van der Waals surface area contributed by atoms with Crippen LogP contribution in [0.1, 0.15) is 24.8 Å². The van der Waals surface area contributed by atoms with Gasteiger partial charge >= 0.3 is 0 Å². The van der Waals surface area contributed by atoms with Crippen molar-refractivity contribution in [2.75, 3.05) is 18.0 Å². The summed E-state index contributed by atoms with van der Waals surface area (Å²) in [6.07, 6.45) is 3.01. The highest BCUT2D eigenvalue weighted by atomic mass is 19.1. The second-order valence-corrected chi connectivity index (χ2v) is 4.25. The average Bonchev–Trinajstić information content (AvgIpc) is 2.29. The molecule has 0 spiro atoms. The van der Waals surface area contributed by atoms with Crippen molar-refractivity contribution in [2.45, 2.75) is 19.3 Å². The van der Waals surface area contributed by atoms with Crippen LogP contribution in [0.5, 0.6) is 0 Å². The third-order valence-corrected chi connectivity index (χ3v) is 3.00. The Kier molecular flexibility index (Phi) is 3.26. The Labute approximate surface area is 98.7 Å². The van der Waals surface area contributed by atoms with Crippen LogP contribution in [0.2, 0.25) is 0 Å². The SMILES string of the molecule is N=C(N)c1cc(F)c(N2CCCCC2)c(F)c1. The quantitative estimate of drug-likeness (QED) is 0.614. The Morgan fingerprint density at radius 3 is 2.12 bits per heavy atom. The summed E-state index contributed by atoms with van der Waals surface area (Å²) in [5.41, 5.74) is 5.31. The van der Waals surface area contributed by atoms with Gasteiger partial charge in [0.2, 0.25) is 0 Å². The molecule has 1 fully saturated rings. The van der Waals surface area contributed by atoms with Gasteiger partial charge in [-0.2, -0.15) is 0 Å². The molecule has 0 aromatic heterocycles. The second-order valence-electron chi connectivity index (χ2n) is 4.25. The number of nitrogen functional groups attached to an aromatic ring is 1. The van der Waals surface area contributed by atoms with Crippen LogP contribution in [0.4, 0.5) is 14.5 Å². The summed E-state index contributed by atoms with van der Waals surface area (Å²) >= 11 is 0. The summed E-state index contributed by atoms with van der Waals surface area (Å²) < 4.78 is 27.6. The number of anilines is 1. The summed E-state index contributed by atoms with van der Waals surface area (Å²) in [5, 5.41) is 7.17. The maximum absolute atomic E-state index is 13.8. The topological polar surface area (TPSA) is 53.1 Å². The molecule has 0 saturated carbocycles. The monoisotopic (exact) mass is 239 g/mol. The Balaban J connectivity index is 2.37. The van der Waals surface area contributed by atoms with Crippen LogP contribution in [-0.2, 0) is 0 Å². The molecule has 0 amide bonds. The highest BCUT2D eigenvalue weighted by molar-refractivity contribution is 5.95. The number of amidine groups is 1. The fourth-order valence-corrected chi connectivity index (χ4v) is 2.14. The molecule has 0 atom stereocenters. The third kappa shape index (κ3) is 2.38. The molecule has 1 aliphatic rings. The Bertz CT molecular complexity index is 416. The number of hydrogen-bond donors (Lipinski definition) is 2. The molecule has 0 unspecified atom stereocenters. The fraction of sp³-hybridized carbons (Fsp3) is 0.417. The number of nitrogens with one attached hydrogen (secondary N) is 1. The molecule has 0 radical (unpaired) electrons. The molecule has 1 heterocycles. The van der Waals surface area contributed by atoms with Crippen LogP contribution < -0.4 is 10.6 Å². The summed E-state index contributed by atoms with van der Waals surface area (Å²) in [5.74, 6) is -1.61. The standard InChI is InChI=1S/C12H15F2N3/c13-9-6-8(12(15)16)7-10(14)11(9)17-4-2-1-3-5-17/h6-7H,1-5H2,(H3,15,16). The Morgan fingerprint density at radius 2 is 1.65 bits per heavy atom. The molecular formula is C12H15F2N3. The van der Waals surface area contributed by atoms with Crippen molar-refractivity contribution in [3.63, 3.8) is 0 Å². The van der Waals surface area contributed by atoms with Gasteiger partial charge < -0.3 is 10.6 Å². The van der Waals surface area contributed by atoms with E-state index in [0.29, 0.717) is 13.1 Å². The molecule has 0 aliphatic carbocycles. The highest BCUT2D eigenvalue weighted by Gasteiger charge is 2.20. The predicted molar refractivity (Wildman–Crippen MR) is 63.4 cm³/mol. The zero-order valence-electron chi connectivity index (χ0n) is 9.47. The van der Waals surface area contributed by atoms with Gasteiger partial charge in [-0.3, -0.25) is 5.41 Å². The van der Waals surface area contributed by atoms with Gasteiger partial charge in [0, 0.05) is 18.7 Å². The number of rotatable bonds is 2. The molecule has 5 heteroatoms. The van der Waals surface area contributed by atoms with Gasteiger partial charge in [-0.1, -0.05) is 0 Å². The van der Waals surface area contributed by atoms with Crippen molar-refractivity contribution in [3.05, 3.63) is 29.3 Å². The molecule has 17 heavy (non-hydrogen) atoms. The highest BCUT2D eigenvalue weighted by Crippen LogP contribution is 2.27. The number of nitrogens with two attached hydrogens (primary N) is 1. The minimum absolute atomic E-state index is 0.00898. The first kappa shape index (κ1) is 11.8. The van der Waals surface area contributed by atoms with Crippen molar-refractivity contribution < 1.29 is 8.78 Å². The molecule has 1 saturated heterocycles. The molecule has 3 N–H and O–H groups in total. The number of nitrogens with zero attached hydrogens (tertiary/aromatic N) is 1. The van der Waals surface area contributed by atoms with Crippen LogP contribution in [0.3, 0.4) is 0 Å². The zero-order valence-corrected chi connectivity index (χ0v) is 9.47. The van der Waals surface area contributed by atoms with E-state index in [1.54, 1.807) is 4.90 Å². The number of piperidine rings is 1. The van der Waals surface area contributed by atoms with Crippen LogP contribution in [0, 0.1) is 17.0 Å². The molecule has 1 aromatic rings.